The van der Waals surface area contributed by atoms with Gasteiger partial charge in [-0.05, 0) is 42.0 Å². The lowest BCUT2D eigenvalue weighted by molar-refractivity contribution is 0.256. The lowest BCUT2D eigenvalue weighted by Gasteiger charge is -2.21. The molecule has 27 heavy (non-hydrogen) atoms. The smallest absolute Gasteiger partial charge is 0.307 e. The molecule has 146 valence electrons. The summed E-state index contributed by atoms with van der Waals surface area (Å²) in [5, 5.41) is 8.42. The number of anilines is 1. The Morgan fingerprint density at radius 3 is 2.04 bits per heavy atom. The Kier molecular flexibility index (Phi) is 6.15. The third kappa shape index (κ3) is 5.00. The Balaban J connectivity index is 2.33. The Labute approximate surface area is 158 Å². The highest BCUT2D eigenvalue weighted by Gasteiger charge is 2.22. The van der Waals surface area contributed by atoms with Gasteiger partial charge in [0.05, 0.1) is 0 Å². The number of urea groups is 1. The van der Waals surface area contributed by atoms with E-state index in [1.807, 2.05) is 51.5 Å². The number of hydrogen-bond acceptors (Lipinski definition) is 5. The second-order valence-corrected chi connectivity index (χ2v) is 8.51. The van der Waals surface area contributed by atoms with Gasteiger partial charge in [-0.25, -0.2) is 9.52 Å². The van der Waals surface area contributed by atoms with E-state index in [1.165, 1.54) is 0 Å². The summed E-state index contributed by atoms with van der Waals surface area (Å²) in [6, 6.07) is 4.79. The summed E-state index contributed by atoms with van der Waals surface area (Å²) in [5.74, 6) is -0.671. The first kappa shape index (κ1) is 20.8. The molecule has 0 aliphatic heterocycles. The molecular weight excluding hydrogens is 371 g/mol. The SMILES string of the molecule is Cc1cc(C(C)C)c(NC(=O)NS(=O)(=O)c2ccc(F)nn2)c(C(C)C)c1. The summed E-state index contributed by atoms with van der Waals surface area (Å²) in [7, 11) is -4.27. The van der Waals surface area contributed by atoms with Gasteiger partial charge in [-0.15, -0.1) is 10.2 Å². The predicted octanol–water partition coefficient (Wildman–Crippen LogP) is 3.68. The van der Waals surface area contributed by atoms with E-state index in [-0.39, 0.29) is 11.8 Å². The van der Waals surface area contributed by atoms with Crippen molar-refractivity contribution in [1.82, 2.24) is 14.9 Å². The molecule has 0 unspecified atom stereocenters. The molecule has 2 aromatic rings. The van der Waals surface area contributed by atoms with Crippen LogP contribution >= 0.6 is 0 Å². The van der Waals surface area contributed by atoms with Crippen molar-refractivity contribution in [2.75, 3.05) is 5.32 Å². The van der Waals surface area contributed by atoms with Crippen molar-refractivity contribution in [3.8, 4) is 0 Å². The van der Waals surface area contributed by atoms with E-state index >= 15 is 0 Å². The molecule has 0 saturated carbocycles. The predicted molar refractivity (Wildman–Crippen MR) is 101 cm³/mol. The van der Waals surface area contributed by atoms with Gasteiger partial charge in [0.1, 0.15) is 0 Å². The molecule has 1 aromatic carbocycles. The van der Waals surface area contributed by atoms with Crippen molar-refractivity contribution in [2.45, 2.75) is 51.5 Å². The zero-order chi connectivity index (χ0) is 20.4. The summed E-state index contributed by atoms with van der Waals surface area (Å²) >= 11 is 0. The number of aryl methyl sites for hydroxylation is 1. The normalized spacial score (nSPS) is 11.7. The van der Waals surface area contributed by atoms with Gasteiger partial charge < -0.3 is 5.32 Å². The van der Waals surface area contributed by atoms with Crippen LogP contribution in [-0.4, -0.2) is 24.6 Å². The largest absolute Gasteiger partial charge is 0.333 e. The molecule has 0 aliphatic rings. The van der Waals surface area contributed by atoms with Crippen LogP contribution in [0.4, 0.5) is 14.9 Å². The average Bonchev–Trinajstić information content (AvgIpc) is 2.55. The van der Waals surface area contributed by atoms with Gasteiger partial charge in [0, 0.05) is 5.69 Å². The first-order valence-corrected chi connectivity index (χ1v) is 9.97. The van der Waals surface area contributed by atoms with Crippen LogP contribution in [0.3, 0.4) is 0 Å². The summed E-state index contributed by atoms with van der Waals surface area (Å²) in [6.07, 6.45) is 0. The molecule has 0 saturated heterocycles. The molecule has 2 amide bonds. The average molecular weight is 394 g/mol. The minimum absolute atomic E-state index is 0.122. The van der Waals surface area contributed by atoms with Crippen LogP contribution in [0, 0.1) is 12.9 Å². The highest BCUT2D eigenvalue weighted by Crippen LogP contribution is 2.33. The third-order valence-corrected chi connectivity index (χ3v) is 5.16. The van der Waals surface area contributed by atoms with Crippen LogP contribution in [0.5, 0.6) is 0 Å². The van der Waals surface area contributed by atoms with Crippen LogP contribution in [0.15, 0.2) is 29.3 Å². The lowest BCUT2D eigenvalue weighted by atomic mass is 9.90. The molecule has 0 radical (unpaired) electrons. The summed E-state index contributed by atoms with van der Waals surface area (Å²) in [4.78, 5) is 12.4. The molecule has 2 rings (SSSR count). The number of carbonyl (C=O) groups excluding carboxylic acids is 1. The number of amides is 2. The van der Waals surface area contributed by atoms with Crippen molar-refractivity contribution in [2.24, 2.45) is 0 Å². The molecule has 0 fully saturated rings. The number of carbonyl (C=O) groups is 1. The Morgan fingerprint density at radius 1 is 1.04 bits per heavy atom. The van der Waals surface area contributed by atoms with Crippen LogP contribution in [0.25, 0.3) is 0 Å². The van der Waals surface area contributed by atoms with Gasteiger partial charge >= 0.3 is 6.03 Å². The van der Waals surface area contributed by atoms with E-state index < -0.39 is 27.0 Å². The van der Waals surface area contributed by atoms with Gasteiger partial charge in [0.2, 0.25) is 5.95 Å². The lowest BCUT2D eigenvalue weighted by Crippen LogP contribution is -2.35. The number of nitrogens with one attached hydrogen (secondary N) is 2. The van der Waals surface area contributed by atoms with Crippen molar-refractivity contribution in [3.05, 3.63) is 46.9 Å². The highest BCUT2D eigenvalue weighted by atomic mass is 32.2. The van der Waals surface area contributed by atoms with E-state index in [0.717, 1.165) is 28.8 Å². The number of benzene rings is 1. The fourth-order valence-corrected chi connectivity index (χ4v) is 3.45. The zero-order valence-electron chi connectivity index (χ0n) is 15.9. The molecule has 2 N–H and O–H groups in total. The first-order chi connectivity index (χ1) is 12.5. The summed E-state index contributed by atoms with van der Waals surface area (Å²) < 4.78 is 39.2. The van der Waals surface area contributed by atoms with E-state index in [0.29, 0.717) is 5.69 Å². The van der Waals surface area contributed by atoms with Gasteiger partial charge in [0.15, 0.2) is 5.03 Å². The number of hydrogen-bond donors (Lipinski definition) is 2. The quantitative estimate of drug-likeness (QED) is 0.805. The fourth-order valence-electron chi connectivity index (χ4n) is 2.66. The maximum atomic E-state index is 12.8. The number of sulfonamides is 1. The van der Waals surface area contributed by atoms with E-state index in [4.69, 9.17) is 0 Å². The van der Waals surface area contributed by atoms with Crippen LogP contribution in [0.1, 0.15) is 56.2 Å². The molecule has 7 nitrogen and oxygen atoms in total. The highest BCUT2D eigenvalue weighted by molar-refractivity contribution is 7.90. The van der Waals surface area contributed by atoms with Crippen LogP contribution < -0.4 is 10.0 Å². The molecule has 1 heterocycles. The maximum Gasteiger partial charge on any atom is 0.333 e. The topological polar surface area (TPSA) is 101 Å². The monoisotopic (exact) mass is 394 g/mol. The van der Waals surface area contributed by atoms with Gasteiger partial charge in [0.25, 0.3) is 10.0 Å². The van der Waals surface area contributed by atoms with Crippen LogP contribution in [0.2, 0.25) is 0 Å². The van der Waals surface area contributed by atoms with Crippen molar-refractivity contribution in [1.29, 1.82) is 0 Å². The van der Waals surface area contributed by atoms with E-state index in [2.05, 4.69) is 15.5 Å². The number of aromatic nitrogens is 2. The second-order valence-electron chi connectivity index (χ2n) is 6.88. The molecule has 9 heteroatoms. The molecule has 0 spiro atoms. The zero-order valence-corrected chi connectivity index (χ0v) is 16.7. The first-order valence-electron chi connectivity index (χ1n) is 8.48. The molecule has 0 atom stereocenters. The Hall–Kier alpha value is -2.55. The Bertz CT molecular complexity index is 913. The summed E-state index contributed by atoms with van der Waals surface area (Å²) in [6.45, 7) is 9.94. The summed E-state index contributed by atoms with van der Waals surface area (Å²) in [5.41, 5.74) is 3.46. The van der Waals surface area contributed by atoms with Crippen molar-refractivity contribution < 1.29 is 17.6 Å². The van der Waals surface area contributed by atoms with Crippen molar-refractivity contribution in [3.63, 3.8) is 0 Å². The number of rotatable bonds is 5. The van der Waals surface area contributed by atoms with Gasteiger partial charge in [-0.1, -0.05) is 45.4 Å². The molecule has 0 aliphatic carbocycles. The molecular formula is C18H23FN4O3S. The number of halogens is 1. The molecule has 0 bridgehead atoms. The maximum absolute atomic E-state index is 12.8. The Morgan fingerprint density at radius 2 is 1.59 bits per heavy atom. The third-order valence-electron chi connectivity index (χ3n) is 3.94. The van der Waals surface area contributed by atoms with Crippen molar-refractivity contribution >= 4 is 21.7 Å². The van der Waals surface area contributed by atoms with Gasteiger partial charge in [-0.2, -0.15) is 12.8 Å². The van der Waals surface area contributed by atoms with E-state index in [1.54, 1.807) is 0 Å². The standard InChI is InChI=1S/C18H23FN4O3S/c1-10(2)13-8-12(5)9-14(11(3)4)17(13)20-18(24)23-27(25,26)16-7-6-15(19)21-22-16/h6-11H,1-5H3,(H2,20,23,24). The second kappa shape index (κ2) is 7.99. The minimum atomic E-state index is -4.27. The van der Waals surface area contributed by atoms with Crippen LogP contribution in [-0.2, 0) is 10.0 Å². The fraction of sp³-hybridized carbons (Fsp3) is 0.389. The minimum Gasteiger partial charge on any atom is -0.307 e. The van der Waals surface area contributed by atoms with E-state index in [9.17, 15) is 17.6 Å². The number of nitrogens with zero attached hydrogens (tertiary/aromatic N) is 2. The van der Waals surface area contributed by atoms with Gasteiger partial charge in [-0.3, -0.25) is 0 Å². The molecule has 1 aromatic heterocycles.